The number of rotatable bonds is 5. The molecule has 0 radical (unpaired) electrons. The number of hydrogen-bond donors (Lipinski definition) is 2. The van der Waals surface area contributed by atoms with E-state index in [4.69, 9.17) is 0 Å². The topological polar surface area (TPSA) is 58.2 Å². The minimum atomic E-state index is -0.973. The van der Waals surface area contributed by atoms with Crippen molar-refractivity contribution in [2.45, 2.75) is 25.9 Å². The molecule has 2 atom stereocenters. The second kappa shape index (κ2) is 7.68. The standard InChI is InChI=1S/C18H18F2N2O2/c1-11(14-8-9-15(19)16(20)10-14)21-17(23)12(2)22-18(24)13-6-4-3-5-7-13/h3-12H,1-2H3,(H,21,23)(H,22,24). The van der Waals surface area contributed by atoms with Crippen molar-refractivity contribution in [2.24, 2.45) is 0 Å². The highest BCUT2D eigenvalue weighted by molar-refractivity contribution is 5.97. The van der Waals surface area contributed by atoms with Crippen LogP contribution in [-0.4, -0.2) is 17.9 Å². The van der Waals surface area contributed by atoms with Crippen LogP contribution in [0.15, 0.2) is 48.5 Å². The molecule has 24 heavy (non-hydrogen) atoms. The van der Waals surface area contributed by atoms with Crippen LogP contribution in [0, 0.1) is 11.6 Å². The fourth-order valence-corrected chi connectivity index (χ4v) is 2.14. The fourth-order valence-electron chi connectivity index (χ4n) is 2.14. The Labute approximate surface area is 138 Å². The van der Waals surface area contributed by atoms with Gasteiger partial charge in [-0.3, -0.25) is 9.59 Å². The van der Waals surface area contributed by atoms with Gasteiger partial charge in [-0.15, -0.1) is 0 Å². The van der Waals surface area contributed by atoms with Crippen molar-refractivity contribution < 1.29 is 18.4 Å². The van der Waals surface area contributed by atoms with Crippen LogP contribution in [0.4, 0.5) is 8.78 Å². The number of carbonyl (C=O) groups is 2. The van der Waals surface area contributed by atoms with E-state index >= 15 is 0 Å². The van der Waals surface area contributed by atoms with E-state index in [0.29, 0.717) is 11.1 Å². The highest BCUT2D eigenvalue weighted by Gasteiger charge is 2.19. The molecule has 0 aliphatic heterocycles. The Hall–Kier alpha value is -2.76. The second-order valence-electron chi connectivity index (χ2n) is 5.46. The molecule has 2 aromatic carbocycles. The van der Waals surface area contributed by atoms with Crippen molar-refractivity contribution in [1.29, 1.82) is 0 Å². The average Bonchev–Trinajstić information content (AvgIpc) is 2.57. The van der Waals surface area contributed by atoms with Gasteiger partial charge in [-0.1, -0.05) is 24.3 Å². The number of halogens is 2. The van der Waals surface area contributed by atoms with Crippen molar-refractivity contribution in [2.75, 3.05) is 0 Å². The largest absolute Gasteiger partial charge is 0.348 e. The van der Waals surface area contributed by atoms with Gasteiger partial charge in [0.15, 0.2) is 11.6 Å². The van der Waals surface area contributed by atoms with Gasteiger partial charge in [0.05, 0.1) is 6.04 Å². The first-order valence-corrected chi connectivity index (χ1v) is 7.49. The molecule has 0 bridgehead atoms. The van der Waals surface area contributed by atoms with Gasteiger partial charge < -0.3 is 10.6 Å². The highest BCUT2D eigenvalue weighted by Crippen LogP contribution is 2.16. The van der Waals surface area contributed by atoms with E-state index in [-0.39, 0.29) is 5.91 Å². The van der Waals surface area contributed by atoms with E-state index < -0.39 is 29.6 Å². The van der Waals surface area contributed by atoms with Gasteiger partial charge in [0, 0.05) is 5.56 Å². The summed E-state index contributed by atoms with van der Waals surface area (Å²) in [6.07, 6.45) is 0. The third-order valence-electron chi connectivity index (χ3n) is 3.58. The summed E-state index contributed by atoms with van der Waals surface area (Å²) in [6.45, 7) is 3.20. The lowest BCUT2D eigenvalue weighted by atomic mass is 10.1. The first kappa shape index (κ1) is 17.6. The minimum Gasteiger partial charge on any atom is -0.348 e. The zero-order valence-electron chi connectivity index (χ0n) is 13.3. The lowest BCUT2D eigenvalue weighted by Gasteiger charge is -2.19. The molecule has 2 aromatic rings. The van der Waals surface area contributed by atoms with E-state index in [0.717, 1.165) is 12.1 Å². The SMILES string of the molecule is CC(NC(=O)c1ccccc1)C(=O)NC(C)c1ccc(F)c(F)c1. The highest BCUT2D eigenvalue weighted by atomic mass is 19.2. The van der Waals surface area contributed by atoms with Crippen molar-refractivity contribution >= 4 is 11.8 Å². The maximum atomic E-state index is 13.3. The molecular formula is C18H18F2N2O2. The molecular weight excluding hydrogens is 314 g/mol. The van der Waals surface area contributed by atoms with Crippen molar-refractivity contribution in [3.63, 3.8) is 0 Å². The summed E-state index contributed by atoms with van der Waals surface area (Å²) < 4.78 is 26.2. The van der Waals surface area contributed by atoms with E-state index in [1.165, 1.54) is 6.07 Å². The fraction of sp³-hybridized carbons (Fsp3) is 0.222. The zero-order chi connectivity index (χ0) is 17.7. The lowest BCUT2D eigenvalue weighted by Crippen LogP contribution is -2.45. The number of carbonyl (C=O) groups excluding carboxylic acids is 2. The summed E-state index contributed by atoms with van der Waals surface area (Å²) >= 11 is 0. The zero-order valence-corrected chi connectivity index (χ0v) is 13.3. The van der Waals surface area contributed by atoms with Gasteiger partial charge in [0.25, 0.3) is 5.91 Å². The molecule has 6 heteroatoms. The number of amides is 2. The van der Waals surface area contributed by atoms with Crippen molar-refractivity contribution in [3.05, 3.63) is 71.3 Å². The predicted octanol–water partition coefficient (Wildman–Crippen LogP) is 2.96. The normalized spacial score (nSPS) is 13.0. The summed E-state index contributed by atoms with van der Waals surface area (Å²) in [6, 6.07) is 10.7. The van der Waals surface area contributed by atoms with Crippen LogP contribution >= 0.6 is 0 Å². The first-order chi connectivity index (χ1) is 11.4. The van der Waals surface area contributed by atoms with Crippen molar-refractivity contribution in [3.8, 4) is 0 Å². The van der Waals surface area contributed by atoms with Crippen LogP contribution in [0.1, 0.15) is 35.8 Å². The summed E-state index contributed by atoms with van der Waals surface area (Å²) in [5.74, 6) is -2.70. The maximum Gasteiger partial charge on any atom is 0.251 e. The van der Waals surface area contributed by atoms with Crippen LogP contribution in [0.2, 0.25) is 0 Å². The van der Waals surface area contributed by atoms with Crippen LogP contribution in [0.25, 0.3) is 0 Å². The molecule has 0 aliphatic carbocycles. The molecule has 0 heterocycles. The van der Waals surface area contributed by atoms with E-state index in [1.54, 1.807) is 44.2 Å². The third kappa shape index (κ3) is 4.38. The van der Waals surface area contributed by atoms with Gasteiger partial charge in [-0.05, 0) is 43.7 Å². The molecule has 126 valence electrons. The molecule has 0 saturated heterocycles. The third-order valence-corrected chi connectivity index (χ3v) is 3.58. The second-order valence-corrected chi connectivity index (χ2v) is 5.46. The summed E-state index contributed by atoms with van der Waals surface area (Å²) in [7, 11) is 0. The van der Waals surface area contributed by atoms with Gasteiger partial charge in [-0.2, -0.15) is 0 Å². The van der Waals surface area contributed by atoms with E-state index in [9.17, 15) is 18.4 Å². The summed E-state index contributed by atoms with van der Waals surface area (Å²) in [4.78, 5) is 24.2. The lowest BCUT2D eigenvalue weighted by molar-refractivity contribution is -0.123. The van der Waals surface area contributed by atoms with E-state index in [1.807, 2.05) is 0 Å². The Morgan fingerprint density at radius 1 is 0.917 bits per heavy atom. The van der Waals surface area contributed by atoms with Crippen LogP contribution < -0.4 is 10.6 Å². The molecule has 2 amide bonds. The van der Waals surface area contributed by atoms with Crippen molar-refractivity contribution in [1.82, 2.24) is 10.6 Å². The maximum absolute atomic E-state index is 13.3. The van der Waals surface area contributed by atoms with Crippen LogP contribution in [0.3, 0.4) is 0 Å². The minimum absolute atomic E-state index is 0.362. The van der Waals surface area contributed by atoms with Crippen LogP contribution in [-0.2, 0) is 4.79 Å². The summed E-state index contributed by atoms with van der Waals surface area (Å²) in [5.41, 5.74) is 0.884. The molecule has 0 spiro atoms. The van der Waals surface area contributed by atoms with Gasteiger partial charge >= 0.3 is 0 Å². The van der Waals surface area contributed by atoms with Gasteiger partial charge in [0.1, 0.15) is 6.04 Å². The predicted molar refractivity (Wildman–Crippen MR) is 86.3 cm³/mol. The molecule has 0 saturated carbocycles. The molecule has 2 unspecified atom stereocenters. The Balaban J connectivity index is 1.95. The number of hydrogen-bond acceptors (Lipinski definition) is 2. The Kier molecular flexibility index (Phi) is 5.63. The molecule has 2 N–H and O–H groups in total. The Morgan fingerprint density at radius 3 is 2.21 bits per heavy atom. The monoisotopic (exact) mass is 332 g/mol. The van der Waals surface area contributed by atoms with E-state index in [2.05, 4.69) is 10.6 Å². The molecule has 4 nitrogen and oxygen atoms in total. The molecule has 0 aliphatic rings. The molecule has 0 aromatic heterocycles. The number of benzene rings is 2. The number of nitrogens with one attached hydrogen (secondary N) is 2. The first-order valence-electron chi connectivity index (χ1n) is 7.49. The van der Waals surface area contributed by atoms with Gasteiger partial charge in [-0.25, -0.2) is 8.78 Å². The Morgan fingerprint density at radius 2 is 1.58 bits per heavy atom. The smallest absolute Gasteiger partial charge is 0.251 e. The summed E-state index contributed by atoms with van der Waals surface area (Å²) in [5, 5.41) is 5.24. The quantitative estimate of drug-likeness (QED) is 0.884. The average molecular weight is 332 g/mol. The Bertz CT molecular complexity index is 735. The molecule has 2 rings (SSSR count). The van der Waals surface area contributed by atoms with Crippen LogP contribution in [0.5, 0.6) is 0 Å². The molecule has 0 fully saturated rings. The van der Waals surface area contributed by atoms with Gasteiger partial charge in [0.2, 0.25) is 5.91 Å².